The van der Waals surface area contributed by atoms with Crippen LogP contribution in [0.15, 0.2) is 53.5 Å². The van der Waals surface area contributed by atoms with Gasteiger partial charge in [0.05, 0.1) is 6.42 Å². The van der Waals surface area contributed by atoms with Gasteiger partial charge in [0.1, 0.15) is 0 Å². The number of amides is 1. The number of hydrogen-bond donors (Lipinski definition) is 3. The summed E-state index contributed by atoms with van der Waals surface area (Å²) in [5.41, 5.74) is 17.6. The van der Waals surface area contributed by atoms with E-state index in [4.69, 9.17) is 40.4 Å². The summed E-state index contributed by atoms with van der Waals surface area (Å²) in [7, 11) is 0. The molecule has 0 bridgehead atoms. The maximum absolute atomic E-state index is 11.3. The molecule has 0 aliphatic heterocycles. The van der Waals surface area contributed by atoms with Crippen molar-refractivity contribution < 1.29 is 4.79 Å². The van der Waals surface area contributed by atoms with E-state index in [-0.39, 0.29) is 18.4 Å². The molecule has 0 aliphatic carbocycles. The summed E-state index contributed by atoms with van der Waals surface area (Å²) in [6.45, 7) is 2.02. The number of nitrogens with two attached hydrogens (primary N) is 3. The molecule has 0 aliphatic rings. The van der Waals surface area contributed by atoms with Crippen LogP contribution in [0.2, 0.25) is 10.0 Å². The summed E-state index contributed by atoms with van der Waals surface area (Å²) in [6, 6.07) is 15.5. The molecular weight excluding hydrogens is 359 g/mol. The van der Waals surface area contributed by atoms with Gasteiger partial charge in [-0.3, -0.25) is 4.79 Å². The highest BCUT2D eigenvalue weighted by molar-refractivity contribution is 6.36. The van der Waals surface area contributed by atoms with Crippen molar-refractivity contribution in [2.24, 2.45) is 22.2 Å². The Labute approximate surface area is 157 Å². The van der Waals surface area contributed by atoms with E-state index in [9.17, 15) is 4.79 Å². The van der Waals surface area contributed by atoms with Gasteiger partial charge in [-0.25, -0.2) is 0 Å². The number of rotatable bonds is 4. The lowest BCUT2D eigenvalue weighted by Crippen LogP contribution is -2.24. The Balaban J connectivity index is 0.000000271. The molecule has 2 aromatic carbocycles. The topological polar surface area (TPSA) is 107 Å². The van der Waals surface area contributed by atoms with E-state index in [0.29, 0.717) is 15.6 Å². The molecule has 0 unspecified atom stereocenters. The quantitative estimate of drug-likeness (QED) is 0.559. The number of benzene rings is 2. The predicted molar refractivity (Wildman–Crippen MR) is 105 cm³/mol. The number of nitrogens with zero attached hydrogens (tertiary/aromatic N) is 1. The van der Waals surface area contributed by atoms with Crippen LogP contribution in [0.1, 0.15) is 18.1 Å². The third-order valence-electron chi connectivity index (χ3n) is 3.04. The number of aliphatic imine (C=N–C) groups is 1. The lowest BCUT2D eigenvalue weighted by Gasteiger charge is -2.03. The molecule has 2 aromatic rings. The van der Waals surface area contributed by atoms with Crippen molar-refractivity contribution in [3.63, 3.8) is 0 Å². The standard InChI is InChI=1S/C9H9Cl2N3O.C9H13N/c10-6-2-1-3-7(11)5(6)4-8(15)14-9(12)13;1-8(10)7-9-5-3-2-4-6-9/h1-3H,4H2,(H4,12,13,14,15);2-6,8H,7,10H2,1H3/t;8-/m.0/s1. The second-order valence-corrected chi connectivity index (χ2v) is 6.29. The third kappa shape index (κ3) is 8.54. The highest BCUT2D eigenvalue weighted by atomic mass is 35.5. The first-order valence-electron chi connectivity index (χ1n) is 7.64. The van der Waals surface area contributed by atoms with Gasteiger partial charge < -0.3 is 17.2 Å². The Kier molecular flexibility index (Phi) is 8.99. The number of hydrogen-bond acceptors (Lipinski definition) is 2. The first-order chi connectivity index (χ1) is 11.8. The van der Waals surface area contributed by atoms with Crippen LogP contribution in [0.4, 0.5) is 0 Å². The fraction of sp³-hybridized carbons (Fsp3) is 0.222. The van der Waals surface area contributed by atoms with E-state index in [1.807, 2.05) is 25.1 Å². The van der Waals surface area contributed by atoms with E-state index in [1.54, 1.807) is 18.2 Å². The number of carbonyl (C=O) groups excluding carboxylic acids is 1. The summed E-state index contributed by atoms with van der Waals surface area (Å²) in [5, 5.41) is 0.836. The first-order valence-corrected chi connectivity index (χ1v) is 8.40. The summed E-state index contributed by atoms with van der Waals surface area (Å²) in [4.78, 5) is 14.6. The Morgan fingerprint density at radius 2 is 1.60 bits per heavy atom. The average Bonchev–Trinajstić information content (AvgIpc) is 2.51. The van der Waals surface area contributed by atoms with E-state index >= 15 is 0 Å². The molecule has 2 rings (SSSR count). The normalized spacial score (nSPS) is 11.0. The summed E-state index contributed by atoms with van der Waals surface area (Å²) >= 11 is 11.7. The second kappa shape index (κ2) is 10.7. The van der Waals surface area contributed by atoms with Gasteiger partial charge in [-0.1, -0.05) is 59.6 Å². The molecule has 0 spiro atoms. The molecule has 0 radical (unpaired) electrons. The van der Waals surface area contributed by atoms with E-state index in [1.165, 1.54) is 5.56 Å². The van der Waals surface area contributed by atoms with Crippen molar-refractivity contribution in [2.45, 2.75) is 25.8 Å². The van der Waals surface area contributed by atoms with Crippen LogP contribution in [0.25, 0.3) is 0 Å². The first kappa shape index (κ1) is 21.0. The maximum Gasteiger partial charge on any atom is 0.253 e. The highest BCUT2D eigenvalue weighted by Gasteiger charge is 2.10. The van der Waals surface area contributed by atoms with Crippen LogP contribution in [-0.4, -0.2) is 17.9 Å². The third-order valence-corrected chi connectivity index (χ3v) is 3.75. The van der Waals surface area contributed by atoms with E-state index < -0.39 is 5.91 Å². The average molecular weight is 381 g/mol. The smallest absolute Gasteiger partial charge is 0.253 e. The Morgan fingerprint density at radius 1 is 1.04 bits per heavy atom. The molecule has 0 saturated carbocycles. The van der Waals surface area contributed by atoms with Gasteiger partial charge in [0.15, 0.2) is 5.96 Å². The minimum absolute atomic E-state index is 0.0175. The molecule has 0 aromatic heterocycles. The van der Waals surface area contributed by atoms with Crippen molar-refractivity contribution >= 4 is 35.1 Å². The molecular formula is C18H22Cl2N4O. The molecule has 1 atom stereocenters. The molecule has 6 N–H and O–H groups in total. The predicted octanol–water partition coefficient (Wildman–Crippen LogP) is 2.91. The van der Waals surface area contributed by atoms with Crippen LogP contribution in [0.5, 0.6) is 0 Å². The van der Waals surface area contributed by atoms with Gasteiger partial charge in [0.25, 0.3) is 5.91 Å². The van der Waals surface area contributed by atoms with Crippen molar-refractivity contribution in [3.8, 4) is 0 Å². The van der Waals surface area contributed by atoms with Crippen molar-refractivity contribution in [2.75, 3.05) is 0 Å². The SMILES string of the molecule is C[C@H](N)Cc1ccccc1.NC(N)=NC(=O)Cc1c(Cl)cccc1Cl. The lowest BCUT2D eigenvalue weighted by atomic mass is 10.1. The minimum atomic E-state index is -0.481. The van der Waals surface area contributed by atoms with Gasteiger partial charge in [0, 0.05) is 16.1 Å². The fourth-order valence-electron chi connectivity index (χ4n) is 2.02. The number of guanidine groups is 1. The molecule has 0 heterocycles. The van der Waals surface area contributed by atoms with E-state index in [2.05, 4.69) is 17.1 Å². The maximum atomic E-state index is 11.3. The number of halogens is 2. The van der Waals surface area contributed by atoms with Gasteiger partial charge in [-0.05, 0) is 36.6 Å². The van der Waals surface area contributed by atoms with Crippen LogP contribution in [0, 0.1) is 0 Å². The molecule has 7 heteroatoms. The monoisotopic (exact) mass is 380 g/mol. The van der Waals surface area contributed by atoms with Crippen LogP contribution < -0.4 is 17.2 Å². The van der Waals surface area contributed by atoms with Crippen molar-refractivity contribution in [3.05, 3.63) is 69.7 Å². The minimum Gasteiger partial charge on any atom is -0.370 e. The lowest BCUT2D eigenvalue weighted by molar-refractivity contribution is -0.117. The molecule has 134 valence electrons. The van der Waals surface area contributed by atoms with Crippen LogP contribution in [0.3, 0.4) is 0 Å². The van der Waals surface area contributed by atoms with Crippen LogP contribution in [-0.2, 0) is 17.6 Å². The summed E-state index contributed by atoms with van der Waals surface area (Å²) in [6.07, 6.45) is 0.956. The molecule has 5 nitrogen and oxygen atoms in total. The largest absolute Gasteiger partial charge is 0.370 e. The van der Waals surface area contributed by atoms with E-state index in [0.717, 1.165) is 6.42 Å². The van der Waals surface area contributed by atoms with Gasteiger partial charge in [-0.15, -0.1) is 0 Å². The van der Waals surface area contributed by atoms with Gasteiger partial charge in [-0.2, -0.15) is 4.99 Å². The fourth-order valence-corrected chi connectivity index (χ4v) is 2.55. The zero-order chi connectivity index (χ0) is 18.8. The zero-order valence-corrected chi connectivity index (χ0v) is 15.5. The summed E-state index contributed by atoms with van der Waals surface area (Å²) in [5.74, 6) is -0.756. The summed E-state index contributed by atoms with van der Waals surface area (Å²) < 4.78 is 0. The molecule has 1 amide bonds. The van der Waals surface area contributed by atoms with Crippen molar-refractivity contribution in [1.82, 2.24) is 0 Å². The van der Waals surface area contributed by atoms with Crippen LogP contribution >= 0.6 is 23.2 Å². The van der Waals surface area contributed by atoms with Crippen molar-refractivity contribution in [1.29, 1.82) is 0 Å². The Morgan fingerprint density at radius 3 is 2.08 bits per heavy atom. The molecule has 0 saturated heterocycles. The number of carbonyl (C=O) groups is 1. The molecule has 0 fully saturated rings. The highest BCUT2D eigenvalue weighted by Crippen LogP contribution is 2.24. The Hall–Kier alpha value is -2.08. The molecule has 25 heavy (non-hydrogen) atoms. The Bertz CT molecular complexity index is 694. The zero-order valence-electron chi connectivity index (χ0n) is 14.0. The van der Waals surface area contributed by atoms with Gasteiger partial charge >= 0.3 is 0 Å². The second-order valence-electron chi connectivity index (χ2n) is 5.47. The van der Waals surface area contributed by atoms with Gasteiger partial charge in [0.2, 0.25) is 0 Å².